The Labute approximate surface area is 183 Å². The number of carbonyl (C=O) groups excluding carboxylic acids is 2. The maximum atomic E-state index is 12.9. The minimum absolute atomic E-state index is 0.135. The van der Waals surface area contributed by atoms with Gasteiger partial charge in [0, 0.05) is 29.6 Å². The molecule has 0 spiro atoms. The van der Waals surface area contributed by atoms with Crippen molar-refractivity contribution in [2.45, 2.75) is 26.2 Å². The number of hydrogen-bond acceptors (Lipinski definition) is 7. The van der Waals surface area contributed by atoms with E-state index >= 15 is 0 Å². The Morgan fingerprint density at radius 3 is 2.74 bits per heavy atom. The average molecular weight is 445 g/mol. The summed E-state index contributed by atoms with van der Waals surface area (Å²) in [6.07, 6.45) is 2.56. The largest absolute Gasteiger partial charge is 0.378 e. The topological polar surface area (TPSA) is 128 Å². The van der Waals surface area contributed by atoms with Crippen LogP contribution in [-0.4, -0.2) is 43.0 Å². The van der Waals surface area contributed by atoms with Gasteiger partial charge in [0.1, 0.15) is 10.7 Å². The monoisotopic (exact) mass is 444 g/mol. The van der Waals surface area contributed by atoms with E-state index in [1.54, 1.807) is 12.1 Å². The van der Waals surface area contributed by atoms with Gasteiger partial charge in [-0.05, 0) is 42.9 Å². The second-order valence-corrected chi connectivity index (χ2v) is 9.04. The number of nitro groups is 1. The molecule has 2 aromatic rings. The molecule has 1 aliphatic heterocycles. The fourth-order valence-electron chi connectivity index (χ4n) is 4.16. The van der Waals surface area contributed by atoms with Gasteiger partial charge in [0.2, 0.25) is 0 Å². The Bertz CT molecular complexity index is 1040. The zero-order valence-corrected chi connectivity index (χ0v) is 18.0. The minimum atomic E-state index is -0.573. The van der Waals surface area contributed by atoms with Gasteiger partial charge >= 0.3 is 0 Å². The number of nitrogens with zero attached hydrogens (tertiary/aromatic N) is 2. The van der Waals surface area contributed by atoms with Crippen molar-refractivity contribution in [1.82, 2.24) is 0 Å². The van der Waals surface area contributed by atoms with E-state index in [2.05, 4.69) is 12.2 Å². The molecule has 164 valence electrons. The molecular weight excluding hydrogens is 420 g/mol. The van der Waals surface area contributed by atoms with Crippen LogP contribution in [0.25, 0.3) is 0 Å². The van der Waals surface area contributed by atoms with Crippen molar-refractivity contribution in [3.63, 3.8) is 0 Å². The Morgan fingerprint density at radius 1 is 1.32 bits per heavy atom. The number of morpholine rings is 1. The Morgan fingerprint density at radius 2 is 2.06 bits per heavy atom. The predicted molar refractivity (Wildman–Crippen MR) is 118 cm³/mol. The molecule has 31 heavy (non-hydrogen) atoms. The fraction of sp³-hybridized carbons (Fsp3) is 0.429. The molecule has 1 saturated heterocycles. The van der Waals surface area contributed by atoms with E-state index in [1.807, 2.05) is 4.90 Å². The first-order valence-corrected chi connectivity index (χ1v) is 11.0. The van der Waals surface area contributed by atoms with Crippen molar-refractivity contribution in [1.29, 1.82) is 0 Å². The highest BCUT2D eigenvalue weighted by atomic mass is 32.1. The molecular formula is C21H24N4O5S. The quantitative estimate of drug-likeness (QED) is 0.539. The number of nitrogens with two attached hydrogens (primary N) is 1. The van der Waals surface area contributed by atoms with Gasteiger partial charge in [-0.15, -0.1) is 11.3 Å². The van der Waals surface area contributed by atoms with Crippen molar-refractivity contribution >= 4 is 39.5 Å². The SMILES string of the molecule is C[C@H]1CCc2c(sc(NC(=O)c3ccc(N4CCOCC4)c([N+](=O)[O-])c3)c2C(N)=O)C1. The van der Waals surface area contributed by atoms with E-state index in [-0.39, 0.29) is 11.3 Å². The van der Waals surface area contributed by atoms with Crippen molar-refractivity contribution < 1.29 is 19.2 Å². The maximum Gasteiger partial charge on any atom is 0.293 e. The normalized spacial score (nSPS) is 18.4. The number of nitrogens with one attached hydrogen (secondary N) is 1. The summed E-state index contributed by atoms with van der Waals surface area (Å²) in [6, 6.07) is 4.43. The van der Waals surface area contributed by atoms with Crippen LogP contribution in [0.1, 0.15) is 44.5 Å². The van der Waals surface area contributed by atoms with Crippen molar-refractivity contribution in [2.75, 3.05) is 36.5 Å². The van der Waals surface area contributed by atoms with Crippen molar-refractivity contribution in [2.24, 2.45) is 11.7 Å². The van der Waals surface area contributed by atoms with E-state index in [0.29, 0.717) is 48.5 Å². The van der Waals surface area contributed by atoms with E-state index in [9.17, 15) is 19.7 Å². The Kier molecular flexibility index (Phi) is 5.92. The number of carbonyl (C=O) groups is 2. The molecule has 1 aromatic carbocycles. The maximum absolute atomic E-state index is 12.9. The third kappa shape index (κ3) is 4.26. The van der Waals surface area contributed by atoms with Crippen LogP contribution >= 0.6 is 11.3 Å². The highest BCUT2D eigenvalue weighted by Crippen LogP contribution is 2.40. The number of thiophene rings is 1. The lowest BCUT2D eigenvalue weighted by molar-refractivity contribution is -0.384. The summed E-state index contributed by atoms with van der Waals surface area (Å²) in [5.74, 6) is -0.576. The van der Waals surface area contributed by atoms with Crippen molar-refractivity contribution in [3.05, 3.63) is 49.9 Å². The van der Waals surface area contributed by atoms with E-state index in [4.69, 9.17) is 10.5 Å². The first-order chi connectivity index (χ1) is 14.8. The molecule has 0 unspecified atom stereocenters. The number of anilines is 2. The third-order valence-corrected chi connectivity index (χ3v) is 6.94. The number of nitro benzene ring substituents is 1. The Balaban J connectivity index is 1.63. The highest BCUT2D eigenvalue weighted by molar-refractivity contribution is 7.17. The number of fused-ring (bicyclic) bond motifs is 1. The first-order valence-electron chi connectivity index (χ1n) is 10.2. The summed E-state index contributed by atoms with van der Waals surface area (Å²) in [6.45, 7) is 4.24. The van der Waals surface area contributed by atoms with E-state index < -0.39 is 16.7 Å². The molecule has 10 heteroatoms. The summed E-state index contributed by atoms with van der Waals surface area (Å²) in [5, 5.41) is 14.8. The molecule has 1 aromatic heterocycles. The molecule has 1 aliphatic carbocycles. The standard InChI is InChI=1S/C21H24N4O5S/c1-12-2-4-14-17(10-12)31-21(18(14)19(22)26)23-20(27)13-3-5-15(16(11-13)25(28)29)24-6-8-30-9-7-24/h3,5,11-12H,2,4,6-10H2,1H3,(H2,22,26)(H,23,27)/t12-/m0/s1. The molecule has 1 fully saturated rings. The molecule has 0 saturated carbocycles. The lowest BCUT2D eigenvalue weighted by Crippen LogP contribution is -2.36. The van der Waals surface area contributed by atoms with E-state index in [0.717, 1.165) is 29.7 Å². The molecule has 2 amide bonds. The number of rotatable bonds is 5. The van der Waals surface area contributed by atoms with Gasteiger partial charge in [0.15, 0.2) is 0 Å². The lowest BCUT2D eigenvalue weighted by atomic mass is 9.88. The predicted octanol–water partition coefficient (Wildman–Crippen LogP) is 2.97. The highest BCUT2D eigenvalue weighted by Gasteiger charge is 2.28. The van der Waals surface area contributed by atoms with Gasteiger partial charge < -0.3 is 20.7 Å². The second-order valence-electron chi connectivity index (χ2n) is 7.93. The van der Waals surface area contributed by atoms with Gasteiger partial charge in [-0.25, -0.2) is 0 Å². The molecule has 0 radical (unpaired) electrons. The van der Waals surface area contributed by atoms with Crippen LogP contribution in [0.2, 0.25) is 0 Å². The molecule has 9 nitrogen and oxygen atoms in total. The van der Waals surface area contributed by atoms with Crippen LogP contribution in [0.4, 0.5) is 16.4 Å². The average Bonchev–Trinajstić information content (AvgIpc) is 3.10. The molecule has 3 N–H and O–H groups in total. The Hall–Kier alpha value is -2.98. The summed E-state index contributed by atoms with van der Waals surface area (Å²) in [7, 11) is 0. The fourth-order valence-corrected chi connectivity index (χ4v) is 5.57. The summed E-state index contributed by atoms with van der Waals surface area (Å²) in [4.78, 5) is 39.1. The van der Waals surface area contributed by atoms with Gasteiger partial charge in [-0.2, -0.15) is 0 Å². The number of hydrogen-bond donors (Lipinski definition) is 2. The van der Waals surface area contributed by atoms with Gasteiger partial charge in [-0.3, -0.25) is 19.7 Å². The van der Waals surface area contributed by atoms with Crippen LogP contribution < -0.4 is 16.0 Å². The van der Waals surface area contributed by atoms with Crippen LogP contribution in [0.3, 0.4) is 0 Å². The number of primary amides is 1. The van der Waals surface area contributed by atoms with Gasteiger partial charge in [0.05, 0.1) is 23.7 Å². The van der Waals surface area contributed by atoms with Gasteiger partial charge in [-0.1, -0.05) is 6.92 Å². The number of ether oxygens (including phenoxy) is 1. The zero-order valence-electron chi connectivity index (χ0n) is 17.2. The zero-order chi connectivity index (χ0) is 22.1. The van der Waals surface area contributed by atoms with E-state index in [1.165, 1.54) is 17.4 Å². The number of amides is 2. The van der Waals surface area contributed by atoms with Crippen molar-refractivity contribution in [3.8, 4) is 0 Å². The van der Waals surface area contributed by atoms with Crippen LogP contribution in [0.5, 0.6) is 0 Å². The second kappa shape index (κ2) is 8.64. The summed E-state index contributed by atoms with van der Waals surface area (Å²) >= 11 is 1.36. The minimum Gasteiger partial charge on any atom is -0.378 e. The molecule has 4 rings (SSSR count). The van der Waals surface area contributed by atoms with Gasteiger partial charge in [0.25, 0.3) is 17.5 Å². The molecule has 1 atom stereocenters. The lowest BCUT2D eigenvalue weighted by Gasteiger charge is -2.28. The third-order valence-electron chi connectivity index (χ3n) is 5.77. The summed E-state index contributed by atoms with van der Waals surface area (Å²) < 4.78 is 5.31. The summed E-state index contributed by atoms with van der Waals surface area (Å²) in [5.41, 5.74) is 7.36. The van der Waals surface area contributed by atoms with Crippen LogP contribution in [-0.2, 0) is 17.6 Å². The molecule has 0 bridgehead atoms. The first kappa shape index (κ1) is 21.3. The van der Waals surface area contributed by atoms with Crippen LogP contribution in [0, 0.1) is 16.0 Å². The smallest absolute Gasteiger partial charge is 0.293 e. The molecule has 2 heterocycles. The molecule has 2 aliphatic rings. The van der Waals surface area contributed by atoms with Crippen LogP contribution in [0.15, 0.2) is 18.2 Å². The number of benzene rings is 1.